The Labute approximate surface area is 153 Å². The van der Waals surface area contributed by atoms with Crippen molar-refractivity contribution < 1.29 is 18.7 Å². The number of furan rings is 1. The molecule has 0 bridgehead atoms. The van der Waals surface area contributed by atoms with Crippen LogP contribution in [0.4, 0.5) is 5.13 Å². The van der Waals surface area contributed by atoms with Crippen LogP contribution in [0, 0.1) is 6.92 Å². The van der Waals surface area contributed by atoms with Crippen LogP contribution in [0.15, 0.2) is 40.8 Å². The number of thiazole rings is 1. The van der Waals surface area contributed by atoms with Gasteiger partial charge in [0, 0.05) is 5.39 Å². The van der Waals surface area contributed by atoms with Gasteiger partial charge in [-0.05, 0) is 30.7 Å². The van der Waals surface area contributed by atoms with E-state index < -0.39 is 0 Å². The SMILES string of the molecule is COc1ccc(C)c2sc(NC(=O)c3cc4cccc(OC)c4o3)nc12. The Bertz CT molecular complexity index is 1130. The number of ether oxygens (including phenoxy) is 2. The van der Waals surface area contributed by atoms with Crippen LogP contribution in [0.3, 0.4) is 0 Å². The van der Waals surface area contributed by atoms with Gasteiger partial charge < -0.3 is 13.9 Å². The number of aromatic nitrogens is 1. The average molecular weight is 368 g/mol. The molecule has 0 unspecified atom stereocenters. The molecule has 0 aliphatic carbocycles. The zero-order chi connectivity index (χ0) is 18.3. The normalized spacial score (nSPS) is 11.0. The Balaban J connectivity index is 1.68. The van der Waals surface area contributed by atoms with Crippen molar-refractivity contribution in [1.29, 1.82) is 0 Å². The van der Waals surface area contributed by atoms with Crippen LogP contribution in [0.25, 0.3) is 21.2 Å². The second kappa shape index (κ2) is 6.34. The molecule has 2 aromatic heterocycles. The number of fused-ring (bicyclic) bond motifs is 2. The van der Waals surface area contributed by atoms with E-state index >= 15 is 0 Å². The van der Waals surface area contributed by atoms with Crippen LogP contribution in [0.5, 0.6) is 11.5 Å². The third-order valence-electron chi connectivity index (χ3n) is 4.10. The maximum Gasteiger partial charge on any atom is 0.293 e. The lowest BCUT2D eigenvalue weighted by Crippen LogP contribution is -2.10. The molecular formula is C19H16N2O4S. The first-order valence-corrected chi connectivity index (χ1v) is 8.74. The molecule has 0 radical (unpaired) electrons. The summed E-state index contributed by atoms with van der Waals surface area (Å²) in [5.74, 6) is 1.10. The van der Waals surface area contributed by atoms with E-state index in [1.54, 1.807) is 26.4 Å². The van der Waals surface area contributed by atoms with Gasteiger partial charge in [-0.25, -0.2) is 4.98 Å². The van der Waals surface area contributed by atoms with Gasteiger partial charge in [-0.1, -0.05) is 29.5 Å². The summed E-state index contributed by atoms with van der Waals surface area (Å²) in [6.45, 7) is 2.00. The van der Waals surface area contributed by atoms with Crippen molar-refractivity contribution in [3.63, 3.8) is 0 Å². The zero-order valence-corrected chi connectivity index (χ0v) is 15.3. The Morgan fingerprint density at radius 3 is 2.73 bits per heavy atom. The Morgan fingerprint density at radius 2 is 1.96 bits per heavy atom. The number of carbonyl (C=O) groups is 1. The smallest absolute Gasteiger partial charge is 0.293 e. The molecule has 0 spiro atoms. The molecule has 132 valence electrons. The highest BCUT2D eigenvalue weighted by atomic mass is 32.1. The minimum absolute atomic E-state index is 0.201. The van der Waals surface area contributed by atoms with Gasteiger partial charge in [-0.2, -0.15) is 0 Å². The molecule has 0 atom stereocenters. The predicted molar refractivity (Wildman–Crippen MR) is 102 cm³/mol. The van der Waals surface area contributed by atoms with Crippen molar-refractivity contribution in [1.82, 2.24) is 4.98 Å². The van der Waals surface area contributed by atoms with Gasteiger partial charge in [-0.3, -0.25) is 10.1 Å². The summed E-state index contributed by atoms with van der Waals surface area (Å²) < 4.78 is 17.3. The molecule has 26 heavy (non-hydrogen) atoms. The fraction of sp³-hybridized carbons (Fsp3) is 0.158. The van der Waals surface area contributed by atoms with Crippen LogP contribution in [0.1, 0.15) is 16.1 Å². The van der Waals surface area contributed by atoms with Gasteiger partial charge in [0.1, 0.15) is 11.3 Å². The van der Waals surface area contributed by atoms with Crippen molar-refractivity contribution in [3.05, 3.63) is 47.7 Å². The largest absolute Gasteiger partial charge is 0.494 e. The molecular weight excluding hydrogens is 352 g/mol. The average Bonchev–Trinajstić information content (AvgIpc) is 3.26. The van der Waals surface area contributed by atoms with Crippen LogP contribution in [-0.2, 0) is 0 Å². The van der Waals surface area contributed by atoms with E-state index in [0.29, 0.717) is 22.2 Å². The summed E-state index contributed by atoms with van der Waals surface area (Å²) in [6.07, 6.45) is 0. The van der Waals surface area contributed by atoms with Gasteiger partial charge >= 0.3 is 0 Å². The maximum atomic E-state index is 12.6. The quantitative estimate of drug-likeness (QED) is 0.569. The van der Waals surface area contributed by atoms with Gasteiger partial charge in [0.25, 0.3) is 5.91 Å². The predicted octanol–water partition coefficient (Wildman–Crippen LogP) is 4.62. The number of hydrogen-bond acceptors (Lipinski definition) is 6. The monoisotopic (exact) mass is 368 g/mol. The van der Waals surface area contributed by atoms with Crippen LogP contribution in [-0.4, -0.2) is 25.1 Å². The number of para-hydroxylation sites is 1. The Kier molecular flexibility index (Phi) is 4.00. The molecule has 7 heteroatoms. The van der Waals surface area contributed by atoms with Gasteiger partial charge in [0.2, 0.25) is 0 Å². The van der Waals surface area contributed by atoms with Crippen molar-refractivity contribution in [2.45, 2.75) is 6.92 Å². The fourth-order valence-corrected chi connectivity index (χ4v) is 3.74. The number of nitrogens with one attached hydrogen (secondary N) is 1. The third kappa shape index (κ3) is 2.66. The minimum Gasteiger partial charge on any atom is -0.494 e. The number of hydrogen-bond donors (Lipinski definition) is 1. The molecule has 0 aliphatic rings. The number of benzene rings is 2. The second-order valence-electron chi connectivity index (χ2n) is 5.72. The van der Waals surface area contributed by atoms with Crippen molar-refractivity contribution >= 4 is 43.6 Å². The lowest BCUT2D eigenvalue weighted by Gasteiger charge is -2.01. The first kappa shape index (κ1) is 16.4. The summed E-state index contributed by atoms with van der Waals surface area (Å²) in [7, 11) is 3.16. The number of amides is 1. The highest BCUT2D eigenvalue weighted by Gasteiger charge is 2.18. The molecule has 6 nitrogen and oxygen atoms in total. The number of rotatable bonds is 4. The molecule has 0 aliphatic heterocycles. The van der Waals surface area contributed by atoms with E-state index in [2.05, 4.69) is 10.3 Å². The summed E-state index contributed by atoms with van der Waals surface area (Å²) in [6, 6.07) is 11.0. The summed E-state index contributed by atoms with van der Waals surface area (Å²) >= 11 is 1.40. The van der Waals surface area contributed by atoms with Crippen LogP contribution >= 0.6 is 11.3 Å². The number of anilines is 1. The van der Waals surface area contributed by atoms with E-state index in [0.717, 1.165) is 21.2 Å². The van der Waals surface area contributed by atoms with Crippen molar-refractivity contribution in [3.8, 4) is 11.5 Å². The van der Waals surface area contributed by atoms with Gasteiger partial charge in [-0.15, -0.1) is 0 Å². The second-order valence-corrected chi connectivity index (χ2v) is 6.72. The van der Waals surface area contributed by atoms with Crippen LogP contribution < -0.4 is 14.8 Å². The van der Waals surface area contributed by atoms with E-state index in [9.17, 15) is 4.79 Å². The van der Waals surface area contributed by atoms with E-state index in [1.165, 1.54) is 11.3 Å². The van der Waals surface area contributed by atoms with E-state index in [1.807, 2.05) is 31.2 Å². The topological polar surface area (TPSA) is 73.6 Å². The van der Waals surface area contributed by atoms with Gasteiger partial charge in [0.05, 0.1) is 18.9 Å². The Morgan fingerprint density at radius 1 is 1.15 bits per heavy atom. The number of carbonyl (C=O) groups excluding carboxylic acids is 1. The number of nitrogens with zero attached hydrogens (tertiary/aromatic N) is 1. The fourth-order valence-electron chi connectivity index (χ4n) is 2.80. The molecule has 0 saturated carbocycles. The highest BCUT2D eigenvalue weighted by molar-refractivity contribution is 7.22. The molecule has 0 saturated heterocycles. The first-order chi connectivity index (χ1) is 12.6. The van der Waals surface area contributed by atoms with Crippen molar-refractivity contribution in [2.24, 2.45) is 0 Å². The lowest BCUT2D eigenvalue weighted by molar-refractivity contribution is 0.0998. The molecule has 0 fully saturated rings. The van der Waals surface area contributed by atoms with Crippen LogP contribution in [0.2, 0.25) is 0 Å². The zero-order valence-electron chi connectivity index (χ0n) is 14.5. The number of aryl methyl sites for hydroxylation is 1. The third-order valence-corrected chi connectivity index (χ3v) is 5.20. The number of methoxy groups -OCH3 is 2. The molecule has 2 aromatic carbocycles. The first-order valence-electron chi connectivity index (χ1n) is 7.92. The summed E-state index contributed by atoms with van der Waals surface area (Å²) in [5, 5.41) is 4.10. The van der Waals surface area contributed by atoms with Crippen molar-refractivity contribution in [2.75, 3.05) is 19.5 Å². The molecule has 1 N–H and O–H groups in total. The standard InChI is InChI=1S/C19H16N2O4S/c1-10-7-8-12(23-2)15-17(10)26-19(20-15)21-18(22)14-9-11-5-4-6-13(24-3)16(11)25-14/h4-9H,1-3H3,(H,20,21,22). The van der Waals surface area contributed by atoms with E-state index in [-0.39, 0.29) is 11.7 Å². The molecule has 4 aromatic rings. The minimum atomic E-state index is -0.362. The highest BCUT2D eigenvalue weighted by Crippen LogP contribution is 2.35. The maximum absolute atomic E-state index is 12.6. The molecule has 1 amide bonds. The summed E-state index contributed by atoms with van der Waals surface area (Å²) in [4.78, 5) is 17.1. The Hall–Kier alpha value is -3.06. The molecule has 2 heterocycles. The summed E-state index contributed by atoms with van der Waals surface area (Å²) in [5.41, 5.74) is 2.35. The van der Waals surface area contributed by atoms with E-state index in [4.69, 9.17) is 13.9 Å². The van der Waals surface area contributed by atoms with Gasteiger partial charge in [0.15, 0.2) is 22.2 Å². The molecule has 4 rings (SSSR count). The lowest BCUT2D eigenvalue weighted by atomic mass is 10.2.